The van der Waals surface area contributed by atoms with Crippen LogP contribution in [0.5, 0.6) is 0 Å². The molecule has 0 radical (unpaired) electrons. The molecule has 0 aromatic heterocycles. The molecule has 0 aliphatic heterocycles. The number of hydrogen-bond donors (Lipinski definition) is 0. The van der Waals surface area contributed by atoms with Gasteiger partial charge in [0.05, 0.1) is 0 Å². The van der Waals surface area contributed by atoms with Gasteiger partial charge in [0.25, 0.3) is 0 Å². The van der Waals surface area contributed by atoms with Crippen LogP contribution < -0.4 is 0 Å². The molecule has 86 valence electrons. The van der Waals surface area contributed by atoms with Crippen molar-refractivity contribution >= 4 is 34.5 Å². The van der Waals surface area contributed by atoms with Crippen LogP contribution in [0.2, 0.25) is 54.1 Å². The molecule has 0 rings (SSSR count). The summed E-state index contributed by atoms with van der Waals surface area (Å²) in [5, 5.41) is 0. The fraction of sp³-hybridized carbons (Fsp3) is 1.00. The molecule has 0 heterocycles. The number of hydrogen-bond acceptors (Lipinski definition) is 0. The minimum absolute atomic E-state index is 0.700. The van der Waals surface area contributed by atoms with Crippen LogP contribution in [0.15, 0.2) is 0 Å². The molecular weight excluding hydrogens is 314 g/mol. The topological polar surface area (TPSA) is 0 Å². The van der Waals surface area contributed by atoms with Crippen LogP contribution in [0.25, 0.3) is 0 Å². The van der Waals surface area contributed by atoms with Crippen molar-refractivity contribution in [2.75, 3.05) is 0 Å². The Hall–Kier alpha value is 1.16. The molecule has 0 fully saturated rings. The molecule has 0 saturated carbocycles. The number of rotatable bonds is 3. The van der Waals surface area contributed by atoms with E-state index in [2.05, 4.69) is 54.1 Å². The van der Waals surface area contributed by atoms with Crippen LogP contribution >= 0.6 is 0 Å². The first-order chi connectivity index (χ1) is 5.75. The monoisotopic (exact) mass is 342 g/mol. The van der Waals surface area contributed by atoms with Gasteiger partial charge >= 0.3 is 95.9 Å². The first-order valence-electron chi connectivity index (χ1n) is 5.44. The Morgan fingerprint density at radius 1 is 0.786 bits per heavy atom. The van der Waals surface area contributed by atoms with E-state index < -0.39 is 37.5 Å². The summed E-state index contributed by atoms with van der Waals surface area (Å²) in [6.45, 7) is 13.3. The first kappa shape index (κ1) is 15.2. The van der Waals surface area contributed by atoms with Crippen LogP contribution in [-0.2, 0) is 0 Å². The maximum atomic E-state index is 15.5. The van der Waals surface area contributed by atoms with Gasteiger partial charge in [0.1, 0.15) is 0 Å². The Morgan fingerprint density at radius 3 is 1.00 bits per heavy atom. The third-order valence-corrected chi connectivity index (χ3v) is 40.5. The van der Waals surface area contributed by atoms with E-state index in [1.807, 2.05) is 0 Å². The van der Waals surface area contributed by atoms with E-state index in [4.69, 9.17) is 0 Å². The summed E-state index contributed by atoms with van der Waals surface area (Å²) in [6.07, 6.45) is 0. The molecule has 0 unspecified atom stereocenters. The van der Waals surface area contributed by atoms with Crippen LogP contribution in [0, 0.1) is 0 Å². The number of alkyl halides is 1. The Balaban J connectivity index is 5.54. The second-order valence-corrected chi connectivity index (χ2v) is 36.0. The maximum absolute atomic E-state index is 15.5. The van der Waals surface area contributed by atoms with Crippen LogP contribution in [0.3, 0.4) is 0 Å². The van der Waals surface area contributed by atoms with E-state index in [9.17, 15) is 0 Å². The quantitative estimate of drug-likeness (QED) is 0.671. The Labute approximate surface area is 95.6 Å². The van der Waals surface area contributed by atoms with Gasteiger partial charge in [-0.05, 0) is 0 Å². The van der Waals surface area contributed by atoms with Gasteiger partial charge in [-0.25, -0.2) is 0 Å². The van der Waals surface area contributed by atoms with Gasteiger partial charge in [-0.15, -0.1) is 0 Å². The van der Waals surface area contributed by atoms with E-state index in [1.165, 1.54) is 0 Å². The van der Waals surface area contributed by atoms with Gasteiger partial charge < -0.3 is 0 Å². The molecule has 0 amide bonds. The molecule has 4 heteroatoms. The molecule has 0 bridgehead atoms. The van der Waals surface area contributed by atoms with E-state index in [1.54, 1.807) is 0 Å². The summed E-state index contributed by atoms with van der Waals surface area (Å²) in [5.74, 6) is 0. The fourth-order valence-electron chi connectivity index (χ4n) is 3.38. The van der Waals surface area contributed by atoms with E-state index >= 15 is 4.39 Å². The van der Waals surface area contributed by atoms with Gasteiger partial charge in [0.2, 0.25) is 0 Å². The van der Waals surface area contributed by atoms with Gasteiger partial charge in [-0.1, -0.05) is 0 Å². The zero-order valence-corrected chi connectivity index (χ0v) is 16.2. The Bertz CT molecular complexity index is 172. The van der Waals surface area contributed by atoms with E-state index in [0.717, 1.165) is 0 Å². The zero-order chi connectivity index (χ0) is 12.0. The predicted molar refractivity (Wildman–Crippen MR) is 73.9 cm³/mol. The normalized spacial score (nSPS) is 15.9. The Morgan fingerprint density at radius 2 is 1.00 bits per heavy atom. The fourth-order valence-corrected chi connectivity index (χ4v) is 55.4. The molecule has 0 aromatic carbocycles. The third kappa shape index (κ3) is 2.45. The van der Waals surface area contributed by atoms with Crippen molar-refractivity contribution in [1.29, 1.82) is 0 Å². The average molecular weight is 341 g/mol. The van der Waals surface area contributed by atoms with Crippen molar-refractivity contribution < 1.29 is 4.39 Å². The van der Waals surface area contributed by atoms with Crippen LogP contribution in [-0.4, -0.2) is 37.5 Å². The van der Waals surface area contributed by atoms with Gasteiger partial charge in [-0.2, -0.15) is 0 Å². The SMILES string of the molecule is C[Si](C)(C)[C](F)([Si](C)(C)C)[Sn]([CH3])([CH3])[CH3]. The van der Waals surface area contributed by atoms with Crippen molar-refractivity contribution in [2.45, 2.75) is 57.0 Å². The van der Waals surface area contributed by atoms with Gasteiger partial charge in [-0.3, -0.25) is 0 Å². The number of halogens is 1. The summed E-state index contributed by atoms with van der Waals surface area (Å²) in [7, 11) is -3.39. The molecule has 14 heavy (non-hydrogen) atoms. The molecule has 0 aromatic rings. The van der Waals surface area contributed by atoms with E-state index in [-0.39, 0.29) is 0 Å². The molecule has 0 N–H and O–H groups in total. The zero-order valence-electron chi connectivity index (χ0n) is 11.4. The first-order valence-corrected chi connectivity index (χ1v) is 22.4. The summed E-state index contributed by atoms with van der Waals surface area (Å²) >= 11 is -2.50. The van der Waals surface area contributed by atoms with Crippen molar-refractivity contribution in [3.05, 3.63) is 0 Å². The molecule has 0 atom stereocenters. The van der Waals surface area contributed by atoms with Crippen molar-refractivity contribution in [1.82, 2.24) is 0 Å². The standard InChI is InChI=1S/C7H18FSi2.3CH3.Sn/c1-9(2,3)7(8)10(4,5)6;;;;/h1-6H3;3*1H3;. The average Bonchev–Trinajstić information content (AvgIpc) is 1.77. The molecule has 0 aliphatic rings. The summed E-state index contributed by atoms with van der Waals surface area (Å²) in [4.78, 5) is 6.81. The van der Waals surface area contributed by atoms with E-state index in [0.29, 0.717) is 0 Å². The van der Waals surface area contributed by atoms with Crippen molar-refractivity contribution in [3.63, 3.8) is 0 Å². The third-order valence-electron chi connectivity index (χ3n) is 3.10. The molecule has 0 aliphatic carbocycles. The summed E-state index contributed by atoms with van der Waals surface area (Å²) in [6, 6.07) is 0. The Kier molecular flexibility index (Phi) is 4.20. The van der Waals surface area contributed by atoms with Crippen molar-refractivity contribution in [3.8, 4) is 0 Å². The van der Waals surface area contributed by atoms with Crippen LogP contribution in [0.4, 0.5) is 4.39 Å². The second kappa shape index (κ2) is 3.88. The second-order valence-electron chi connectivity index (χ2n) is 7.41. The molecule has 0 spiro atoms. The molecule has 0 saturated heterocycles. The predicted octanol–water partition coefficient (Wildman–Crippen LogP) is 4.33. The van der Waals surface area contributed by atoms with Crippen molar-refractivity contribution in [2.24, 2.45) is 0 Å². The summed E-state index contributed by atoms with van der Waals surface area (Å²) in [5.41, 5.74) is 0. The molecular formula is C10H27FSi2Sn. The molecule has 0 nitrogen and oxygen atoms in total. The van der Waals surface area contributed by atoms with Gasteiger partial charge in [0, 0.05) is 0 Å². The van der Waals surface area contributed by atoms with Crippen LogP contribution in [0.1, 0.15) is 0 Å². The minimum atomic E-state index is -2.50. The van der Waals surface area contributed by atoms with Gasteiger partial charge in [0.15, 0.2) is 0 Å². The summed E-state index contributed by atoms with van der Waals surface area (Å²) < 4.78 is 14.8.